The predicted molar refractivity (Wildman–Crippen MR) is 71.9 cm³/mol. The molecule has 0 fully saturated rings. The van der Waals surface area contributed by atoms with Crippen molar-refractivity contribution >= 4 is 8.07 Å². The van der Waals surface area contributed by atoms with Gasteiger partial charge in [-0.25, -0.2) is 0 Å². The Morgan fingerprint density at radius 3 is 2.13 bits per heavy atom. The number of unbranched alkanes of at least 4 members (excludes halogenated alkanes) is 2. The highest BCUT2D eigenvalue weighted by molar-refractivity contribution is 6.83. The summed E-state index contributed by atoms with van der Waals surface area (Å²) >= 11 is 0. The second-order valence-corrected chi connectivity index (χ2v) is 11.3. The molecular formula is C13H28OSi. The highest BCUT2D eigenvalue weighted by Crippen LogP contribution is 2.25. The molecule has 0 aliphatic rings. The van der Waals surface area contributed by atoms with Gasteiger partial charge in [0.15, 0.2) is 0 Å². The predicted octanol–water partition coefficient (Wildman–Crippen LogP) is 4.14. The third-order valence-corrected chi connectivity index (χ3v) is 4.84. The lowest BCUT2D eigenvalue weighted by atomic mass is 10.0. The van der Waals surface area contributed by atoms with Crippen molar-refractivity contribution in [3.05, 3.63) is 11.3 Å². The van der Waals surface area contributed by atoms with E-state index in [2.05, 4.69) is 32.6 Å². The average Bonchev–Trinajstić information content (AvgIpc) is 1.99. The Morgan fingerprint density at radius 1 is 1.27 bits per heavy atom. The van der Waals surface area contributed by atoms with Crippen molar-refractivity contribution in [1.82, 2.24) is 0 Å². The Balaban J connectivity index is 4.53. The lowest BCUT2D eigenvalue weighted by Crippen LogP contribution is -2.31. The second-order valence-electron chi connectivity index (χ2n) is 6.11. The van der Waals surface area contributed by atoms with Crippen LogP contribution >= 0.6 is 0 Å². The van der Waals surface area contributed by atoms with Crippen LogP contribution < -0.4 is 0 Å². The molecule has 0 heterocycles. The maximum atomic E-state index is 9.89. The van der Waals surface area contributed by atoms with Crippen molar-refractivity contribution in [2.24, 2.45) is 0 Å². The monoisotopic (exact) mass is 228 g/mol. The molecule has 0 unspecified atom stereocenters. The molecule has 0 aliphatic heterocycles. The molecule has 0 aromatic rings. The van der Waals surface area contributed by atoms with Crippen molar-refractivity contribution < 1.29 is 5.11 Å². The van der Waals surface area contributed by atoms with Gasteiger partial charge < -0.3 is 5.11 Å². The molecule has 90 valence electrons. The van der Waals surface area contributed by atoms with Gasteiger partial charge in [0.25, 0.3) is 0 Å². The van der Waals surface area contributed by atoms with Crippen LogP contribution in [-0.2, 0) is 0 Å². The van der Waals surface area contributed by atoms with Gasteiger partial charge in [-0.3, -0.25) is 0 Å². The van der Waals surface area contributed by atoms with E-state index in [-0.39, 0.29) is 0 Å². The maximum Gasteiger partial charge on any atom is 0.0721 e. The largest absolute Gasteiger partial charge is 0.390 e. The van der Waals surface area contributed by atoms with Crippen LogP contribution in [0.5, 0.6) is 0 Å². The Morgan fingerprint density at radius 2 is 1.80 bits per heavy atom. The summed E-state index contributed by atoms with van der Waals surface area (Å²) in [4.78, 5) is 0. The van der Waals surface area contributed by atoms with E-state index in [9.17, 15) is 5.11 Å². The van der Waals surface area contributed by atoms with Crippen LogP contribution in [0.3, 0.4) is 0 Å². The van der Waals surface area contributed by atoms with Crippen LogP contribution in [0.4, 0.5) is 0 Å². The van der Waals surface area contributed by atoms with Gasteiger partial charge in [0, 0.05) is 0 Å². The van der Waals surface area contributed by atoms with Crippen molar-refractivity contribution in [2.45, 2.75) is 71.7 Å². The van der Waals surface area contributed by atoms with E-state index in [1.54, 1.807) is 0 Å². The van der Waals surface area contributed by atoms with Gasteiger partial charge in [0.2, 0.25) is 0 Å². The molecule has 0 atom stereocenters. The molecule has 0 amide bonds. The third kappa shape index (κ3) is 7.80. The first kappa shape index (κ1) is 14.9. The standard InChI is InChI=1S/C13H28OSi/c1-7-8-9-10-12(15(4,5)6)11-13(2,3)14/h10,14H,7-9,11H2,1-6H3/b12-10+. The summed E-state index contributed by atoms with van der Waals surface area (Å²) in [6.45, 7) is 13.1. The summed E-state index contributed by atoms with van der Waals surface area (Å²) in [6, 6.07) is 0. The fourth-order valence-corrected chi connectivity index (χ4v) is 3.31. The van der Waals surface area contributed by atoms with Crippen LogP contribution in [-0.4, -0.2) is 18.8 Å². The summed E-state index contributed by atoms with van der Waals surface area (Å²) in [5, 5.41) is 11.4. The normalized spacial score (nSPS) is 14.5. The summed E-state index contributed by atoms with van der Waals surface area (Å²) in [5.74, 6) is 0. The molecule has 1 N–H and O–H groups in total. The molecule has 0 spiro atoms. The highest BCUT2D eigenvalue weighted by Gasteiger charge is 2.24. The van der Waals surface area contributed by atoms with E-state index in [4.69, 9.17) is 0 Å². The summed E-state index contributed by atoms with van der Waals surface area (Å²) < 4.78 is 0. The van der Waals surface area contributed by atoms with E-state index in [1.807, 2.05) is 13.8 Å². The lowest BCUT2D eigenvalue weighted by molar-refractivity contribution is 0.0823. The molecule has 1 nitrogen and oxygen atoms in total. The average molecular weight is 228 g/mol. The number of aliphatic hydroxyl groups is 1. The lowest BCUT2D eigenvalue weighted by Gasteiger charge is -2.27. The summed E-state index contributed by atoms with van der Waals surface area (Å²) in [6.07, 6.45) is 6.91. The minimum atomic E-state index is -1.25. The second kappa shape index (κ2) is 5.85. The zero-order chi connectivity index (χ0) is 12.1. The smallest absolute Gasteiger partial charge is 0.0721 e. The SMILES string of the molecule is CCCC/C=C(\CC(C)(C)O)[Si](C)(C)C. The fourth-order valence-electron chi connectivity index (χ4n) is 1.59. The highest BCUT2D eigenvalue weighted by atomic mass is 28.3. The Kier molecular flexibility index (Phi) is 5.82. The minimum absolute atomic E-state index is 0.557. The van der Waals surface area contributed by atoms with Gasteiger partial charge in [-0.2, -0.15) is 0 Å². The molecule has 0 rings (SSSR count). The molecule has 0 saturated heterocycles. The molecule has 0 aliphatic carbocycles. The molecule has 0 aromatic heterocycles. The van der Waals surface area contributed by atoms with Gasteiger partial charge in [0.1, 0.15) is 0 Å². The Labute approximate surface area is 96.6 Å². The van der Waals surface area contributed by atoms with Gasteiger partial charge in [-0.1, -0.05) is 50.7 Å². The molecule has 0 bridgehead atoms. The zero-order valence-corrected chi connectivity index (χ0v) is 12.4. The minimum Gasteiger partial charge on any atom is -0.390 e. The first-order valence-corrected chi connectivity index (χ1v) is 9.58. The van der Waals surface area contributed by atoms with Crippen LogP contribution in [0.2, 0.25) is 19.6 Å². The molecular weight excluding hydrogens is 200 g/mol. The van der Waals surface area contributed by atoms with E-state index < -0.39 is 13.7 Å². The van der Waals surface area contributed by atoms with Gasteiger partial charge in [-0.15, -0.1) is 0 Å². The van der Waals surface area contributed by atoms with Crippen molar-refractivity contribution in [2.75, 3.05) is 0 Å². The van der Waals surface area contributed by atoms with E-state index in [0.717, 1.165) is 6.42 Å². The number of hydrogen-bond donors (Lipinski definition) is 1. The first-order chi connectivity index (χ1) is 6.67. The van der Waals surface area contributed by atoms with Gasteiger partial charge in [0.05, 0.1) is 13.7 Å². The first-order valence-electron chi connectivity index (χ1n) is 6.08. The molecule has 15 heavy (non-hydrogen) atoms. The maximum absolute atomic E-state index is 9.89. The molecule has 2 heteroatoms. The van der Waals surface area contributed by atoms with E-state index in [0.29, 0.717) is 0 Å². The molecule has 0 saturated carbocycles. The topological polar surface area (TPSA) is 20.2 Å². The third-order valence-electron chi connectivity index (χ3n) is 2.53. The van der Waals surface area contributed by atoms with E-state index >= 15 is 0 Å². The molecule has 0 aromatic carbocycles. The van der Waals surface area contributed by atoms with Gasteiger partial charge >= 0.3 is 0 Å². The van der Waals surface area contributed by atoms with Crippen LogP contribution in [0.15, 0.2) is 11.3 Å². The van der Waals surface area contributed by atoms with Crippen molar-refractivity contribution in [3.63, 3.8) is 0 Å². The van der Waals surface area contributed by atoms with Crippen LogP contribution in [0.25, 0.3) is 0 Å². The Hall–Kier alpha value is -0.0831. The fraction of sp³-hybridized carbons (Fsp3) is 0.846. The number of allylic oxidation sites excluding steroid dienone is 1. The van der Waals surface area contributed by atoms with E-state index in [1.165, 1.54) is 24.5 Å². The zero-order valence-electron chi connectivity index (χ0n) is 11.4. The summed E-state index contributed by atoms with van der Waals surface area (Å²) in [7, 11) is -1.25. The molecule has 0 radical (unpaired) electrons. The number of rotatable bonds is 6. The van der Waals surface area contributed by atoms with Crippen molar-refractivity contribution in [3.8, 4) is 0 Å². The Bertz CT molecular complexity index is 206. The van der Waals surface area contributed by atoms with Crippen LogP contribution in [0.1, 0.15) is 46.5 Å². The van der Waals surface area contributed by atoms with Crippen LogP contribution in [0, 0.1) is 0 Å². The quantitative estimate of drug-likeness (QED) is 0.535. The van der Waals surface area contributed by atoms with Crippen molar-refractivity contribution in [1.29, 1.82) is 0 Å². The van der Waals surface area contributed by atoms with Gasteiger partial charge in [-0.05, 0) is 26.7 Å². The number of hydrogen-bond acceptors (Lipinski definition) is 1. The summed E-state index contributed by atoms with van der Waals surface area (Å²) in [5.41, 5.74) is -0.557.